The molecule has 0 N–H and O–H groups in total. The second kappa shape index (κ2) is 4.01. The van der Waals surface area contributed by atoms with Crippen LogP contribution in [0.5, 0.6) is 11.5 Å². The first-order valence-corrected chi connectivity index (χ1v) is 3.92. The van der Waals surface area contributed by atoms with E-state index in [0.29, 0.717) is 22.1 Å². The lowest BCUT2D eigenvalue weighted by Crippen LogP contribution is -1.93. The summed E-state index contributed by atoms with van der Waals surface area (Å²) in [7, 11) is 2.96. The van der Waals surface area contributed by atoms with Gasteiger partial charge in [0.05, 0.1) is 14.2 Å². The molecule has 68 valence electrons. The highest BCUT2D eigenvalue weighted by atomic mass is 35.5. The number of halogens is 1. The number of ether oxygens (including phenoxy) is 2. The predicted octanol–water partition coefficient (Wildman–Crippen LogP) is 2.23. The first-order chi connectivity index (χ1) is 6.22. The molecule has 0 fully saturated rings. The molecule has 0 radical (unpaired) electrons. The Kier molecular flexibility index (Phi) is 2.99. The van der Waals surface area contributed by atoms with Crippen LogP contribution in [0.15, 0.2) is 12.1 Å². The highest BCUT2D eigenvalue weighted by molar-refractivity contribution is 6.30. The van der Waals surface area contributed by atoms with Gasteiger partial charge in [-0.3, -0.25) is 0 Å². The van der Waals surface area contributed by atoms with Crippen LogP contribution in [0.1, 0.15) is 5.56 Å². The van der Waals surface area contributed by atoms with E-state index in [9.17, 15) is 0 Å². The van der Waals surface area contributed by atoms with Gasteiger partial charge in [0, 0.05) is 17.2 Å². The molecule has 0 saturated heterocycles. The van der Waals surface area contributed by atoms with E-state index in [-0.39, 0.29) is 0 Å². The number of nitriles is 1. The zero-order valence-electron chi connectivity index (χ0n) is 7.30. The predicted molar refractivity (Wildman–Crippen MR) is 49.3 cm³/mol. The minimum atomic E-state index is 0.356. The van der Waals surface area contributed by atoms with Gasteiger partial charge in [-0.25, -0.2) is 0 Å². The fourth-order valence-corrected chi connectivity index (χ4v) is 1.19. The summed E-state index contributed by atoms with van der Waals surface area (Å²) in [6, 6.07) is 5.13. The Morgan fingerprint density at radius 1 is 1.23 bits per heavy atom. The fourth-order valence-electron chi connectivity index (χ4n) is 0.990. The van der Waals surface area contributed by atoms with Crippen LogP contribution in [-0.4, -0.2) is 14.2 Å². The quantitative estimate of drug-likeness (QED) is 0.730. The second-order valence-corrected chi connectivity index (χ2v) is 2.73. The second-order valence-electron chi connectivity index (χ2n) is 2.30. The Balaban J connectivity index is 3.36. The maximum atomic E-state index is 8.80. The lowest BCUT2D eigenvalue weighted by atomic mass is 10.2. The Morgan fingerprint density at radius 2 is 1.69 bits per heavy atom. The maximum Gasteiger partial charge on any atom is 0.141 e. The first-order valence-electron chi connectivity index (χ1n) is 3.54. The van der Waals surface area contributed by atoms with E-state index in [4.69, 9.17) is 26.3 Å². The number of benzene rings is 1. The largest absolute Gasteiger partial charge is 0.495 e. The minimum Gasteiger partial charge on any atom is -0.495 e. The SMILES string of the molecule is COc1cc(Cl)cc(OC)c1C#N. The summed E-state index contributed by atoms with van der Waals surface area (Å²) in [5, 5.41) is 9.28. The Bertz CT molecular complexity index is 332. The van der Waals surface area contributed by atoms with E-state index < -0.39 is 0 Å². The summed E-state index contributed by atoms with van der Waals surface area (Å²) < 4.78 is 9.95. The van der Waals surface area contributed by atoms with Crippen molar-refractivity contribution in [1.82, 2.24) is 0 Å². The van der Waals surface area contributed by atoms with E-state index in [2.05, 4.69) is 0 Å². The maximum absolute atomic E-state index is 8.80. The molecule has 0 bridgehead atoms. The third-order valence-corrected chi connectivity index (χ3v) is 1.80. The van der Waals surface area contributed by atoms with Crippen molar-refractivity contribution in [2.75, 3.05) is 14.2 Å². The molecule has 0 heterocycles. The molecule has 0 atom stereocenters. The Hall–Kier alpha value is -1.40. The lowest BCUT2D eigenvalue weighted by Gasteiger charge is -2.07. The van der Waals surface area contributed by atoms with Gasteiger partial charge >= 0.3 is 0 Å². The van der Waals surface area contributed by atoms with Crippen molar-refractivity contribution in [2.45, 2.75) is 0 Å². The standard InChI is InChI=1S/C9H8ClNO2/c1-12-8-3-6(10)4-9(13-2)7(8)5-11/h3-4H,1-2H3. The average molecular weight is 198 g/mol. The minimum absolute atomic E-state index is 0.356. The van der Waals surface area contributed by atoms with Gasteiger partial charge < -0.3 is 9.47 Å². The smallest absolute Gasteiger partial charge is 0.141 e. The molecule has 0 aliphatic carbocycles. The van der Waals surface area contributed by atoms with Gasteiger partial charge in [0.1, 0.15) is 23.1 Å². The van der Waals surface area contributed by atoms with Crippen molar-refractivity contribution < 1.29 is 9.47 Å². The van der Waals surface area contributed by atoms with Crippen molar-refractivity contribution in [2.24, 2.45) is 0 Å². The molecule has 0 saturated carbocycles. The number of methoxy groups -OCH3 is 2. The molecule has 3 nitrogen and oxygen atoms in total. The van der Waals surface area contributed by atoms with Crippen LogP contribution in [0.25, 0.3) is 0 Å². The van der Waals surface area contributed by atoms with Crippen molar-refractivity contribution in [3.05, 3.63) is 22.7 Å². The normalized spacial score (nSPS) is 9.08. The van der Waals surface area contributed by atoms with Crippen molar-refractivity contribution in [3.63, 3.8) is 0 Å². The summed E-state index contributed by atoms with van der Waals surface area (Å²) >= 11 is 5.77. The van der Waals surface area contributed by atoms with Crippen LogP contribution >= 0.6 is 11.6 Å². The van der Waals surface area contributed by atoms with E-state index in [1.54, 1.807) is 12.1 Å². The number of nitrogens with zero attached hydrogens (tertiary/aromatic N) is 1. The molecule has 0 aliphatic heterocycles. The van der Waals surface area contributed by atoms with Crippen molar-refractivity contribution >= 4 is 11.6 Å². The van der Waals surface area contributed by atoms with Gasteiger partial charge in [0.25, 0.3) is 0 Å². The monoisotopic (exact) mass is 197 g/mol. The van der Waals surface area contributed by atoms with E-state index in [0.717, 1.165) is 0 Å². The summed E-state index contributed by atoms with van der Waals surface area (Å²) in [5.74, 6) is 0.846. The van der Waals surface area contributed by atoms with Gasteiger partial charge in [-0.2, -0.15) is 5.26 Å². The third-order valence-electron chi connectivity index (χ3n) is 1.58. The van der Waals surface area contributed by atoms with Crippen molar-refractivity contribution in [3.8, 4) is 17.6 Å². The third kappa shape index (κ3) is 1.85. The van der Waals surface area contributed by atoms with Gasteiger partial charge in [0.2, 0.25) is 0 Å². The summed E-state index contributed by atoms with van der Waals surface area (Å²) in [5.41, 5.74) is 0.356. The zero-order chi connectivity index (χ0) is 9.84. The molecular weight excluding hydrogens is 190 g/mol. The molecule has 1 rings (SSSR count). The molecule has 0 unspecified atom stereocenters. The van der Waals surface area contributed by atoms with Gasteiger partial charge in [-0.1, -0.05) is 11.6 Å². The highest BCUT2D eigenvalue weighted by Crippen LogP contribution is 2.31. The number of rotatable bonds is 2. The zero-order valence-corrected chi connectivity index (χ0v) is 8.05. The molecule has 4 heteroatoms. The van der Waals surface area contributed by atoms with Crippen LogP contribution in [-0.2, 0) is 0 Å². The van der Waals surface area contributed by atoms with Crippen LogP contribution in [0, 0.1) is 11.3 Å². The van der Waals surface area contributed by atoms with Gasteiger partial charge in [-0.05, 0) is 0 Å². The van der Waals surface area contributed by atoms with Gasteiger partial charge in [0.15, 0.2) is 0 Å². The van der Waals surface area contributed by atoms with E-state index in [1.807, 2.05) is 6.07 Å². The highest BCUT2D eigenvalue weighted by Gasteiger charge is 2.10. The molecule has 0 spiro atoms. The Morgan fingerprint density at radius 3 is 2.00 bits per heavy atom. The van der Waals surface area contributed by atoms with E-state index >= 15 is 0 Å². The molecule has 1 aromatic carbocycles. The lowest BCUT2D eigenvalue weighted by molar-refractivity contribution is 0.392. The molecule has 0 aromatic heterocycles. The van der Waals surface area contributed by atoms with E-state index in [1.165, 1.54) is 14.2 Å². The van der Waals surface area contributed by atoms with Crippen LogP contribution < -0.4 is 9.47 Å². The summed E-state index contributed by atoms with van der Waals surface area (Å²) in [4.78, 5) is 0. The van der Waals surface area contributed by atoms with Crippen LogP contribution in [0.3, 0.4) is 0 Å². The van der Waals surface area contributed by atoms with Gasteiger partial charge in [-0.15, -0.1) is 0 Å². The topological polar surface area (TPSA) is 42.2 Å². The number of hydrogen-bond acceptors (Lipinski definition) is 3. The van der Waals surface area contributed by atoms with Crippen LogP contribution in [0.2, 0.25) is 5.02 Å². The fraction of sp³-hybridized carbons (Fsp3) is 0.222. The number of hydrogen-bond donors (Lipinski definition) is 0. The molecule has 13 heavy (non-hydrogen) atoms. The van der Waals surface area contributed by atoms with Crippen molar-refractivity contribution in [1.29, 1.82) is 5.26 Å². The average Bonchev–Trinajstić information content (AvgIpc) is 2.16. The van der Waals surface area contributed by atoms with Crippen LogP contribution in [0.4, 0.5) is 0 Å². The summed E-state index contributed by atoms with van der Waals surface area (Å²) in [6.07, 6.45) is 0. The Labute approximate surface area is 81.4 Å². The summed E-state index contributed by atoms with van der Waals surface area (Å²) in [6.45, 7) is 0. The molecule has 0 aliphatic rings. The molecule has 0 amide bonds. The molecular formula is C9H8ClNO2. The molecule has 1 aromatic rings. The first kappa shape index (κ1) is 9.69.